The highest BCUT2D eigenvalue weighted by Crippen LogP contribution is 2.29. The molecule has 0 aliphatic heterocycles. The molecule has 1 fully saturated rings. The number of hydrogen-bond acceptors (Lipinski definition) is 3. The number of benzene rings is 1. The number of hydrogen-bond donors (Lipinski definition) is 1. The molecule has 1 N–H and O–H groups in total. The van der Waals surface area contributed by atoms with Crippen molar-refractivity contribution in [1.82, 2.24) is 5.43 Å². The lowest BCUT2D eigenvalue weighted by Gasteiger charge is -2.25. The van der Waals surface area contributed by atoms with Gasteiger partial charge >= 0.3 is 0 Å². The molecule has 1 aliphatic rings. The molecular weight excluding hydrogens is 312 g/mol. The van der Waals surface area contributed by atoms with Crippen LogP contribution in [0.5, 0.6) is 0 Å². The highest BCUT2D eigenvalue weighted by molar-refractivity contribution is 6.04. The fourth-order valence-corrected chi connectivity index (χ4v) is 3.42. The monoisotopic (exact) mass is 342 g/mol. The zero-order valence-electron chi connectivity index (χ0n) is 15.7. The van der Waals surface area contributed by atoms with E-state index in [1.807, 2.05) is 26.0 Å². The van der Waals surface area contributed by atoms with Gasteiger partial charge in [-0.2, -0.15) is 5.10 Å². The van der Waals surface area contributed by atoms with Gasteiger partial charge in [-0.3, -0.25) is 9.59 Å². The third-order valence-electron chi connectivity index (χ3n) is 4.90. The first-order chi connectivity index (χ1) is 12.0. The molecule has 0 aromatic heterocycles. The van der Waals surface area contributed by atoms with Crippen LogP contribution in [0, 0.1) is 11.8 Å². The number of aryl methyl sites for hydroxylation is 1. The minimum atomic E-state index is -0.152. The molecule has 0 spiro atoms. The Kier molecular flexibility index (Phi) is 7.35. The molecule has 0 atom stereocenters. The van der Waals surface area contributed by atoms with Crippen molar-refractivity contribution in [3.63, 3.8) is 0 Å². The van der Waals surface area contributed by atoms with E-state index in [1.54, 1.807) is 0 Å². The largest absolute Gasteiger partial charge is 0.299 e. The highest BCUT2D eigenvalue weighted by atomic mass is 16.2. The van der Waals surface area contributed by atoms with Gasteiger partial charge in [-0.15, -0.1) is 0 Å². The number of amides is 1. The first-order valence-corrected chi connectivity index (χ1v) is 9.44. The summed E-state index contributed by atoms with van der Waals surface area (Å²) in [6, 6.07) is 8.17. The van der Waals surface area contributed by atoms with E-state index in [2.05, 4.69) is 22.7 Å². The molecule has 136 valence electrons. The molecule has 4 nitrogen and oxygen atoms in total. The van der Waals surface area contributed by atoms with Crippen LogP contribution < -0.4 is 5.43 Å². The summed E-state index contributed by atoms with van der Waals surface area (Å²) >= 11 is 0. The zero-order valence-corrected chi connectivity index (χ0v) is 15.7. The van der Waals surface area contributed by atoms with Crippen molar-refractivity contribution >= 4 is 17.4 Å². The minimum absolute atomic E-state index is 0.0676. The third kappa shape index (κ3) is 5.80. The summed E-state index contributed by atoms with van der Waals surface area (Å²) in [5.41, 5.74) is 5.84. The number of ketones is 1. The van der Waals surface area contributed by atoms with Gasteiger partial charge in [-0.1, -0.05) is 57.4 Å². The van der Waals surface area contributed by atoms with Crippen molar-refractivity contribution in [2.24, 2.45) is 16.9 Å². The molecule has 1 aromatic carbocycles. The van der Waals surface area contributed by atoms with E-state index in [0.29, 0.717) is 12.3 Å². The van der Waals surface area contributed by atoms with Crippen LogP contribution in [0.3, 0.4) is 0 Å². The van der Waals surface area contributed by atoms with E-state index in [4.69, 9.17) is 0 Å². The van der Waals surface area contributed by atoms with Crippen LogP contribution in [-0.4, -0.2) is 17.4 Å². The lowest BCUT2D eigenvalue weighted by molar-refractivity contribution is -0.122. The molecule has 2 rings (SSSR count). The van der Waals surface area contributed by atoms with Crippen molar-refractivity contribution in [1.29, 1.82) is 0 Å². The second kappa shape index (κ2) is 9.50. The summed E-state index contributed by atoms with van der Waals surface area (Å²) < 4.78 is 0. The van der Waals surface area contributed by atoms with Crippen LogP contribution in [0.15, 0.2) is 29.4 Å². The van der Waals surface area contributed by atoms with Crippen LogP contribution in [0.1, 0.15) is 70.4 Å². The summed E-state index contributed by atoms with van der Waals surface area (Å²) in [6.45, 7) is 5.37. The third-order valence-corrected chi connectivity index (χ3v) is 4.90. The quantitative estimate of drug-likeness (QED) is 0.594. The van der Waals surface area contributed by atoms with Gasteiger partial charge in [0.05, 0.1) is 5.71 Å². The fourth-order valence-electron chi connectivity index (χ4n) is 3.42. The molecule has 1 aliphatic carbocycles. The molecule has 0 unspecified atom stereocenters. The second-order valence-corrected chi connectivity index (χ2v) is 7.28. The van der Waals surface area contributed by atoms with Gasteiger partial charge in [0.2, 0.25) is 5.91 Å². The lowest BCUT2D eigenvalue weighted by Crippen LogP contribution is -2.25. The van der Waals surface area contributed by atoms with Gasteiger partial charge in [0, 0.05) is 30.7 Å². The Bertz CT molecular complexity index is 629. The summed E-state index contributed by atoms with van der Waals surface area (Å²) in [6.07, 6.45) is 7.17. The lowest BCUT2D eigenvalue weighted by atomic mass is 9.81. The first kappa shape index (κ1) is 19.4. The Balaban J connectivity index is 2.28. The highest BCUT2D eigenvalue weighted by Gasteiger charge is 2.23. The van der Waals surface area contributed by atoms with Crippen LogP contribution in [-0.2, 0) is 16.0 Å². The Hall–Kier alpha value is -1.97. The Morgan fingerprint density at radius 1 is 1.16 bits per heavy atom. The molecule has 0 bridgehead atoms. The number of carbonyl (C=O) groups excluding carboxylic acids is 2. The second-order valence-electron chi connectivity index (χ2n) is 7.28. The molecule has 1 saturated carbocycles. The summed E-state index contributed by atoms with van der Waals surface area (Å²) in [5, 5.41) is 4.47. The van der Waals surface area contributed by atoms with Crippen LogP contribution >= 0.6 is 0 Å². The van der Waals surface area contributed by atoms with Gasteiger partial charge in [0.15, 0.2) is 0 Å². The predicted molar refractivity (Wildman–Crippen MR) is 102 cm³/mol. The molecule has 0 radical (unpaired) electrons. The Labute approximate surface area is 151 Å². The smallest absolute Gasteiger partial charge is 0.236 e. The van der Waals surface area contributed by atoms with E-state index in [-0.39, 0.29) is 17.6 Å². The summed E-state index contributed by atoms with van der Waals surface area (Å²) in [5.74, 6) is 0.578. The molecule has 1 aromatic rings. The number of carbonyl (C=O) groups is 2. The van der Waals surface area contributed by atoms with Gasteiger partial charge in [0.25, 0.3) is 0 Å². The van der Waals surface area contributed by atoms with Gasteiger partial charge in [-0.25, -0.2) is 5.43 Å². The SMILES string of the molecule is CC(=O)N/N=C(\c1ccccc1CCC(=O)C(C)C)C1CCCCC1. The Morgan fingerprint density at radius 3 is 2.48 bits per heavy atom. The van der Waals surface area contributed by atoms with E-state index in [9.17, 15) is 9.59 Å². The summed E-state index contributed by atoms with van der Waals surface area (Å²) in [4.78, 5) is 23.4. The van der Waals surface area contributed by atoms with Crippen LogP contribution in [0.4, 0.5) is 0 Å². The van der Waals surface area contributed by atoms with E-state index in [1.165, 1.54) is 26.2 Å². The molecule has 0 saturated heterocycles. The van der Waals surface area contributed by atoms with Gasteiger partial charge in [0.1, 0.15) is 5.78 Å². The standard InChI is InChI=1S/C21H30N2O2/c1-15(2)20(25)14-13-17-9-7-8-12-19(17)21(23-22-16(3)24)18-10-5-4-6-11-18/h7-9,12,15,18H,4-6,10-11,13-14H2,1-3H3,(H,22,24)/b23-21-. The number of hydrazone groups is 1. The number of nitrogens with zero attached hydrogens (tertiary/aromatic N) is 1. The van der Waals surface area contributed by atoms with Crippen LogP contribution in [0.2, 0.25) is 0 Å². The van der Waals surface area contributed by atoms with Crippen molar-refractivity contribution in [3.05, 3.63) is 35.4 Å². The van der Waals surface area contributed by atoms with E-state index in [0.717, 1.165) is 36.1 Å². The maximum atomic E-state index is 12.0. The van der Waals surface area contributed by atoms with Crippen LogP contribution in [0.25, 0.3) is 0 Å². The van der Waals surface area contributed by atoms with E-state index < -0.39 is 0 Å². The average molecular weight is 342 g/mol. The summed E-state index contributed by atoms with van der Waals surface area (Å²) in [7, 11) is 0. The normalized spacial score (nSPS) is 16.1. The fraction of sp³-hybridized carbons (Fsp3) is 0.571. The van der Waals surface area contributed by atoms with Crippen molar-refractivity contribution in [2.45, 2.75) is 65.7 Å². The molecule has 25 heavy (non-hydrogen) atoms. The van der Waals surface area contributed by atoms with Gasteiger partial charge < -0.3 is 0 Å². The Morgan fingerprint density at radius 2 is 1.84 bits per heavy atom. The topological polar surface area (TPSA) is 58.5 Å². The maximum Gasteiger partial charge on any atom is 0.236 e. The van der Waals surface area contributed by atoms with E-state index >= 15 is 0 Å². The number of rotatable bonds is 7. The first-order valence-electron chi connectivity index (χ1n) is 9.44. The number of Topliss-reactive ketones (excluding diaryl/α,β-unsaturated/α-hetero) is 1. The minimum Gasteiger partial charge on any atom is -0.299 e. The van der Waals surface area contributed by atoms with Crippen molar-refractivity contribution < 1.29 is 9.59 Å². The van der Waals surface area contributed by atoms with Crippen molar-refractivity contribution in [2.75, 3.05) is 0 Å². The average Bonchev–Trinajstić information content (AvgIpc) is 2.61. The molecule has 1 amide bonds. The van der Waals surface area contributed by atoms with Crippen molar-refractivity contribution in [3.8, 4) is 0 Å². The molecule has 0 heterocycles. The molecular formula is C21H30N2O2. The number of nitrogens with one attached hydrogen (secondary N) is 1. The van der Waals surface area contributed by atoms with Gasteiger partial charge in [-0.05, 0) is 24.8 Å². The maximum absolute atomic E-state index is 12.0. The zero-order chi connectivity index (χ0) is 18.2. The molecule has 4 heteroatoms. The predicted octanol–water partition coefficient (Wildman–Crippen LogP) is 4.26.